The zero-order valence-corrected chi connectivity index (χ0v) is 10.7. The van der Waals surface area contributed by atoms with Gasteiger partial charge in [-0.2, -0.15) is 4.98 Å². The van der Waals surface area contributed by atoms with Gasteiger partial charge in [0.1, 0.15) is 6.54 Å². The molecule has 0 radical (unpaired) electrons. The molecule has 2 aromatic rings. The molecule has 1 aliphatic rings. The molecule has 7 heteroatoms. The molecule has 0 fully saturated rings. The van der Waals surface area contributed by atoms with Crippen molar-refractivity contribution in [2.24, 2.45) is 0 Å². The minimum atomic E-state index is -1.01. The first-order chi connectivity index (χ1) is 9.54. The van der Waals surface area contributed by atoms with Crippen molar-refractivity contribution in [2.45, 2.75) is 19.9 Å². The van der Waals surface area contributed by atoms with Crippen LogP contribution in [0.15, 0.2) is 22.7 Å². The molecule has 1 aliphatic heterocycles. The topological polar surface area (TPSA) is 96.5 Å². The Balaban J connectivity index is 1.92. The number of carboxylic acid groups (broad SMARTS) is 1. The highest BCUT2D eigenvalue weighted by Gasteiger charge is 2.29. The average Bonchev–Trinajstić information content (AvgIpc) is 2.94. The molecule has 0 bridgehead atoms. The largest absolute Gasteiger partial charge is 0.478 e. The van der Waals surface area contributed by atoms with Crippen LogP contribution in [-0.2, 0) is 17.8 Å². The Morgan fingerprint density at radius 3 is 2.95 bits per heavy atom. The van der Waals surface area contributed by atoms with Gasteiger partial charge in [0.2, 0.25) is 11.8 Å². The second kappa shape index (κ2) is 4.44. The number of anilines is 1. The molecule has 7 nitrogen and oxygen atoms in total. The van der Waals surface area contributed by atoms with Crippen LogP contribution in [-0.4, -0.2) is 27.1 Å². The van der Waals surface area contributed by atoms with Crippen LogP contribution in [0.25, 0.3) is 0 Å². The van der Waals surface area contributed by atoms with Crippen molar-refractivity contribution in [1.29, 1.82) is 0 Å². The van der Waals surface area contributed by atoms with Crippen molar-refractivity contribution in [1.82, 2.24) is 10.1 Å². The summed E-state index contributed by atoms with van der Waals surface area (Å²) in [5.41, 5.74) is 1.56. The van der Waals surface area contributed by atoms with E-state index in [-0.39, 0.29) is 24.4 Å². The number of benzene rings is 1. The number of carboxylic acids is 1. The van der Waals surface area contributed by atoms with E-state index in [0.717, 1.165) is 0 Å². The second-order valence-electron chi connectivity index (χ2n) is 4.54. The Bertz CT molecular complexity index is 707. The monoisotopic (exact) mass is 273 g/mol. The summed E-state index contributed by atoms with van der Waals surface area (Å²) in [6.07, 6.45) is 0.184. The van der Waals surface area contributed by atoms with Gasteiger partial charge in [-0.15, -0.1) is 0 Å². The van der Waals surface area contributed by atoms with Gasteiger partial charge in [0.05, 0.1) is 12.0 Å². The zero-order chi connectivity index (χ0) is 14.3. The number of aromatic nitrogens is 2. The number of carbonyl (C=O) groups excluding carboxylic acids is 1. The van der Waals surface area contributed by atoms with Crippen molar-refractivity contribution in [3.05, 3.63) is 41.0 Å². The average molecular weight is 273 g/mol. The normalized spacial score (nSPS) is 13.7. The molecule has 1 amide bonds. The van der Waals surface area contributed by atoms with Gasteiger partial charge in [-0.3, -0.25) is 4.79 Å². The number of amides is 1. The fraction of sp³-hybridized carbons (Fsp3) is 0.231. The fourth-order valence-corrected chi connectivity index (χ4v) is 2.23. The molecule has 3 rings (SSSR count). The van der Waals surface area contributed by atoms with Gasteiger partial charge in [-0.1, -0.05) is 5.16 Å². The van der Waals surface area contributed by atoms with E-state index >= 15 is 0 Å². The summed E-state index contributed by atoms with van der Waals surface area (Å²) >= 11 is 0. The predicted octanol–water partition coefficient (Wildman–Crippen LogP) is 1.17. The van der Waals surface area contributed by atoms with Crippen molar-refractivity contribution in [2.75, 3.05) is 4.90 Å². The van der Waals surface area contributed by atoms with E-state index in [1.165, 1.54) is 17.0 Å². The third kappa shape index (κ3) is 2.03. The molecule has 0 spiro atoms. The molecular formula is C13H11N3O4. The first-order valence-electron chi connectivity index (χ1n) is 6.00. The van der Waals surface area contributed by atoms with Crippen LogP contribution in [0.1, 0.15) is 27.6 Å². The van der Waals surface area contributed by atoms with E-state index in [0.29, 0.717) is 23.0 Å². The number of fused-ring (bicyclic) bond motifs is 1. The molecule has 102 valence electrons. The smallest absolute Gasteiger partial charge is 0.335 e. The Morgan fingerprint density at radius 2 is 2.30 bits per heavy atom. The van der Waals surface area contributed by atoms with Gasteiger partial charge in [0.15, 0.2) is 5.82 Å². The molecule has 0 unspecified atom stereocenters. The maximum atomic E-state index is 12.0. The fourth-order valence-electron chi connectivity index (χ4n) is 2.23. The molecule has 0 aliphatic carbocycles. The standard InChI is InChI=1S/C13H11N3O4/c1-7-14-11(20-15-7)6-16-10-3-2-8(13(18)19)4-9(10)5-12(16)17/h2-4H,5-6H2,1H3,(H,18,19). The van der Waals surface area contributed by atoms with E-state index in [1.54, 1.807) is 13.0 Å². The second-order valence-corrected chi connectivity index (χ2v) is 4.54. The molecular weight excluding hydrogens is 262 g/mol. The number of hydrogen-bond donors (Lipinski definition) is 1. The number of aromatic carboxylic acids is 1. The molecule has 0 saturated heterocycles. The minimum Gasteiger partial charge on any atom is -0.478 e. The highest BCUT2D eigenvalue weighted by molar-refractivity contribution is 6.02. The van der Waals surface area contributed by atoms with E-state index in [1.807, 2.05) is 0 Å². The van der Waals surface area contributed by atoms with Crippen LogP contribution in [0.2, 0.25) is 0 Å². The number of aryl methyl sites for hydroxylation is 1. The van der Waals surface area contributed by atoms with Crippen molar-refractivity contribution < 1.29 is 19.2 Å². The van der Waals surface area contributed by atoms with Crippen molar-refractivity contribution in [3.8, 4) is 0 Å². The van der Waals surface area contributed by atoms with E-state index in [4.69, 9.17) is 9.63 Å². The predicted molar refractivity (Wildman–Crippen MR) is 67.3 cm³/mol. The molecule has 20 heavy (non-hydrogen) atoms. The van der Waals surface area contributed by atoms with Crippen LogP contribution >= 0.6 is 0 Å². The van der Waals surface area contributed by atoms with Crippen LogP contribution in [0, 0.1) is 6.92 Å². The summed E-state index contributed by atoms with van der Waals surface area (Å²) in [7, 11) is 0. The molecule has 1 aromatic carbocycles. The third-order valence-corrected chi connectivity index (χ3v) is 3.12. The van der Waals surface area contributed by atoms with Gasteiger partial charge in [0, 0.05) is 5.69 Å². The Hall–Kier alpha value is -2.70. The van der Waals surface area contributed by atoms with Crippen molar-refractivity contribution in [3.63, 3.8) is 0 Å². The molecule has 2 heterocycles. The van der Waals surface area contributed by atoms with E-state index < -0.39 is 5.97 Å². The first-order valence-corrected chi connectivity index (χ1v) is 6.00. The summed E-state index contributed by atoms with van der Waals surface area (Å²) in [6, 6.07) is 4.63. The van der Waals surface area contributed by atoms with Crippen LogP contribution in [0.4, 0.5) is 5.69 Å². The van der Waals surface area contributed by atoms with E-state index in [9.17, 15) is 9.59 Å². The van der Waals surface area contributed by atoms with Crippen molar-refractivity contribution >= 4 is 17.6 Å². The van der Waals surface area contributed by atoms with Crippen LogP contribution < -0.4 is 4.90 Å². The summed E-state index contributed by atoms with van der Waals surface area (Å²) in [5, 5.41) is 12.6. The lowest BCUT2D eigenvalue weighted by Crippen LogP contribution is -2.26. The highest BCUT2D eigenvalue weighted by Crippen LogP contribution is 2.30. The molecule has 1 aromatic heterocycles. The molecule has 1 N–H and O–H groups in total. The van der Waals surface area contributed by atoms with Gasteiger partial charge >= 0.3 is 5.97 Å². The Kier molecular flexibility index (Phi) is 2.74. The third-order valence-electron chi connectivity index (χ3n) is 3.12. The lowest BCUT2D eigenvalue weighted by molar-refractivity contribution is -0.117. The summed E-state index contributed by atoms with van der Waals surface area (Å²) < 4.78 is 5.00. The SMILES string of the molecule is Cc1noc(CN2C(=O)Cc3cc(C(=O)O)ccc32)n1. The van der Waals surface area contributed by atoms with E-state index in [2.05, 4.69) is 10.1 Å². The number of carbonyl (C=O) groups is 2. The molecule has 0 atom stereocenters. The van der Waals surface area contributed by atoms with Crippen LogP contribution in [0.3, 0.4) is 0 Å². The quantitative estimate of drug-likeness (QED) is 0.901. The van der Waals surface area contributed by atoms with Gasteiger partial charge in [-0.25, -0.2) is 4.79 Å². The van der Waals surface area contributed by atoms with Gasteiger partial charge in [0.25, 0.3) is 0 Å². The lowest BCUT2D eigenvalue weighted by atomic mass is 10.1. The summed E-state index contributed by atoms with van der Waals surface area (Å²) in [6.45, 7) is 1.89. The maximum Gasteiger partial charge on any atom is 0.335 e. The summed E-state index contributed by atoms with van der Waals surface area (Å²) in [4.78, 5) is 28.5. The Morgan fingerprint density at radius 1 is 1.50 bits per heavy atom. The summed E-state index contributed by atoms with van der Waals surface area (Å²) in [5.74, 6) is -0.260. The number of rotatable bonds is 3. The zero-order valence-electron chi connectivity index (χ0n) is 10.7. The van der Waals surface area contributed by atoms with Gasteiger partial charge < -0.3 is 14.5 Å². The Labute approximate surface area is 113 Å². The maximum absolute atomic E-state index is 12.0. The minimum absolute atomic E-state index is 0.113. The van der Waals surface area contributed by atoms with Gasteiger partial charge in [-0.05, 0) is 30.7 Å². The highest BCUT2D eigenvalue weighted by atomic mass is 16.5. The van der Waals surface area contributed by atoms with Crippen LogP contribution in [0.5, 0.6) is 0 Å². The molecule has 0 saturated carbocycles. The first kappa shape index (κ1) is 12.3. The lowest BCUT2D eigenvalue weighted by Gasteiger charge is -2.14. The number of hydrogen-bond acceptors (Lipinski definition) is 5. The number of nitrogens with zero attached hydrogens (tertiary/aromatic N) is 3.